The van der Waals surface area contributed by atoms with Gasteiger partial charge in [0.25, 0.3) is 0 Å². The zero-order chi connectivity index (χ0) is 16.7. The van der Waals surface area contributed by atoms with Crippen molar-refractivity contribution in [2.75, 3.05) is 27.2 Å². The smallest absolute Gasteiger partial charge is 0.194 e. The predicted molar refractivity (Wildman–Crippen MR) is 96.9 cm³/mol. The largest absolute Gasteiger partial charge is 0.375 e. The van der Waals surface area contributed by atoms with Crippen molar-refractivity contribution in [3.63, 3.8) is 0 Å². The SMILES string of the molecule is CCNC(=NCCCC1CC1)N(C)Cc1csc(C(C)OC)n1. The Morgan fingerprint density at radius 1 is 1.57 bits per heavy atom. The summed E-state index contributed by atoms with van der Waals surface area (Å²) in [5, 5.41) is 6.51. The molecule has 1 fully saturated rings. The summed E-state index contributed by atoms with van der Waals surface area (Å²) in [6, 6.07) is 0. The van der Waals surface area contributed by atoms with Crippen LogP contribution in [0.15, 0.2) is 10.4 Å². The van der Waals surface area contributed by atoms with E-state index in [4.69, 9.17) is 9.73 Å². The van der Waals surface area contributed by atoms with Crippen molar-refractivity contribution < 1.29 is 4.74 Å². The summed E-state index contributed by atoms with van der Waals surface area (Å²) in [5.74, 6) is 1.96. The molecule has 0 amide bonds. The molecule has 5 nitrogen and oxygen atoms in total. The minimum absolute atomic E-state index is 0.0587. The van der Waals surface area contributed by atoms with Crippen molar-refractivity contribution in [1.82, 2.24) is 15.2 Å². The number of nitrogens with zero attached hydrogens (tertiary/aromatic N) is 3. The first kappa shape index (κ1) is 18.2. The van der Waals surface area contributed by atoms with Crippen LogP contribution in [0, 0.1) is 5.92 Å². The number of guanidine groups is 1. The van der Waals surface area contributed by atoms with Gasteiger partial charge in [0, 0.05) is 32.6 Å². The molecule has 0 bridgehead atoms. The average Bonchev–Trinajstić information content (AvgIpc) is 3.26. The van der Waals surface area contributed by atoms with Gasteiger partial charge in [0.2, 0.25) is 0 Å². The molecule has 1 saturated carbocycles. The van der Waals surface area contributed by atoms with Crippen LogP contribution >= 0.6 is 11.3 Å². The molecule has 1 heterocycles. The molecule has 0 aliphatic heterocycles. The van der Waals surface area contributed by atoms with Crippen molar-refractivity contribution in [2.24, 2.45) is 10.9 Å². The molecule has 1 atom stereocenters. The van der Waals surface area contributed by atoms with Gasteiger partial charge in [-0.1, -0.05) is 12.8 Å². The molecule has 130 valence electrons. The van der Waals surface area contributed by atoms with Crippen molar-refractivity contribution in [2.45, 2.75) is 52.2 Å². The summed E-state index contributed by atoms with van der Waals surface area (Å²) in [6.07, 6.45) is 5.44. The van der Waals surface area contributed by atoms with Crippen molar-refractivity contribution >= 4 is 17.3 Å². The monoisotopic (exact) mass is 338 g/mol. The van der Waals surface area contributed by atoms with Crippen LogP contribution in [0.5, 0.6) is 0 Å². The third kappa shape index (κ3) is 6.11. The number of aromatic nitrogens is 1. The van der Waals surface area contributed by atoms with E-state index in [1.807, 2.05) is 6.92 Å². The molecule has 0 spiro atoms. The van der Waals surface area contributed by atoms with Gasteiger partial charge in [-0.3, -0.25) is 4.99 Å². The first-order valence-electron chi connectivity index (χ1n) is 8.60. The van der Waals surface area contributed by atoms with Gasteiger partial charge >= 0.3 is 0 Å². The Morgan fingerprint density at radius 3 is 3.00 bits per heavy atom. The normalized spacial score (nSPS) is 16.4. The summed E-state index contributed by atoms with van der Waals surface area (Å²) < 4.78 is 5.33. The average molecular weight is 339 g/mol. The number of hydrogen-bond donors (Lipinski definition) is 1. The van der Waals surface area contributed by atoms with Crippen molar-refractivity contribution in [3.8, 4) is 0 Å². The van der Waals surface area contributed by atoms with E-state index in [1.165, 1.54) is 25.7 Å². The zero-order valence-corrected chi connectivity index (χ0v) is 15.7. The van der Waals surface area contributed by atoms with Crippen LogP contribution in [-0.2, 0) is 11.3 Å². The van der Waals surface area contributed by atoms with Crippen LogP contribution < -0.4 is 5.32 Å². The number of methoxy groups -OCH3 is 1. The van der Waals surface area contributed by atoms with Crippen LogP contribution in [0.4, 0.5) is 0 Å². The molecule has 1 unspecified atom stereocenters. The Bertz CT molecular complexity index is 499. The number of rotatable bonds is 9. The number of ether oxygens (including phenoxy) is 1. The maximum atomic E-state index is 5.33. The quantitative estimate of drug-likeness (QED) is 0.426. The molecule has 0 saturated heterocycles. The minimum atomic E-state index is 0.0587. The lowest BCUT2D eigenvalue weighted by Gasteiger charge is -2.21. The molecule has 1 aliphatic rings. The van der Waals surface area contributed by atoms with E-state index >= 15 is 0 Å². The third-order valence-corrected chi connectivity index (χ3v) is 5.15. The highest BCUT2D eigenvalue weighted by molar-refractivity contribution is 7.09. The number of thiazole rings is 1. The van der Waals surface area contributed by atoms with E-state index in [2.05, 4.69) is 34.6 Å². The molecule has 1 N–H and O–H groups in total. The van der Waals surface area contributed by atoms with Gasteiger partial charge in [0.05, 0.1) is 12.2 Å². The number of nitrogens with one attached hydrogen (secondary N) is 1. The van der Waals surface area contributed by atoms with Gasteiger partial charge in [-0.15, -0.1) is 11.3 Å². The maximum absolute atomic E-state index is 5.33. The van der Waals surface area contributed by atoms with E-state index in [1.54, 1.807) is 18.4 Å². The zero-order valence-electron chi connectivity index (χ0n) is 14.8. The Labute approximate surface area is 144 Å². The first-order chi connectivity index (χ1) is 11.1. The second-order valence-corrected chi connectivity index (χ2v) is 7.12. The molecule has 23 heavy (non-hydrogen) atoms. The Morgan fingerprint density at radius 2 is 2.35 bits per heavy atom. The highest BCUT2D eigenvalue weighted by Gasteiger charge is 2.20. The van der Waals surface area contributed by atoms with E-state index in [9.17, 15) is 0 Å². The Kier molecular flexibility index (Phi) is 7.30. The Balaban J connectivity index is 1.86. The molecule has 6 heteroatoms. The van der Waals surface area contributed by atoms with Crippen LogP contribution in [0.25, 0.3) is 0 Å². The summed E-state index contributed by atoms with van der Waals surface area (Å²) in [4.78, 5) is 11.6. The lowest BCUT2D eigenvalue weighted by atomic mass is 10.2. The van der Waals surface area contributed by atoms with Gasteiger partial charge in [0.15, 0.2) is 5.96 Å². The first-order valence-corrected chi connectivity index (χ1v) is 9.48. The van der Waals surface area contributed by atoms with Gasteiger partial charge in [-0.25, -0.2) is 4.98 Å². The fraction of sp³-hybridized carbons (Fsp3) is 0.765. The fourth-order valence-electron chi connectivity index (χ4n) is 2.44. The third-order valence-electron chi connectivity index (χ3n) is 4.10. The predicted octanol–water partition coefficient (Wildman–Crippen LogP) is 3.44. The summed E-state index contributed by atoms with van der Waals surface area (Å²) in [6.45, 7) is 6.69. The summed E-state index contributed by atoms with van der Waals surface area (Å²) >= 11 is 1.66. The molecule has 1 aromatic heterocycles. The molecule has 0 aromatic carbocycles. The number of hydrogen-bond acceptors (Lipinski definition) is 4. The van der Waals surface area contributed by atoms with Crippen LogP contribution in [0.2, 0.25) is 0 Å². The van der Waals surface area contributed by atoms with Crippen LogP contribution in [0.3, 0.4) is 0 Å². The fourth-order valence-corrected chi connectivity index (χ4v) is 3.28. The molecular weight excluding hydrogens is 308 g/mol. The van der Waals surface area contributed by atoms with Gasteiger partial charge in [-0.05, 0) is 32.6 Å². The molecule has 1 aromatic rings. The highest BCUT2D eigenvalue weighted by atomic mass is 32.1. The van der Waals surface area contributed by atoms with Gasteiger partial charge in [-0.2, -0.15) is 0 Å². The van der Waals surface area contributed by atoms with Gasteiger partial charge < -0.3 is 15.0 Å². The molecule has 2 rings (SSSR count). The lowest BCUT2D eigenvalue weighted by molar-refractivity contribution is 0.119. The molecule has 0 radical (unpaired) electrons. The van der Waals surface area contributed by atoms with E-state index in [0.717, 1.165) is 42.2 Å². The summed E-state index contributed by atoms with van der Waals surface area (Å²) in [5.41, 5.74) is 1.07. The van der Waals surface area contributed by atoms with Gasteiger partial charge in [0.1, 0.15) is 11.1 Å². The van der Waals surface area contributed by atoms with Crippen molar-refractivity contribution in [1.29, 1.82) is 0 Å². The highest BCUT2D eigenvalue weighted by Crippen LogP contribution is 2.33. The van der Waals surface area contributed by atoms with Crippen molar-refractivity contribution in [3.05, 3.63) is 16.1 Å². The molecule has 1 aliphatic carbocycles. The minimum Gasteiger partial charge on any atom is -0.375 e. The lowest BCUT2D eigenvalue weighted by Crippen LogP contribution is -2.38. The second-order valence-electron chi connectivity index (χ2n) is 6.23. The van der Waals surface area contributed by atoms with E-state index in [0.29, 0.717) is 0 Å². The molecular formula is C17H30N4OS. The maximum Gasteiger partial charge on any atom is 0.194 e. The van der Waals surface area contributed by atoms with E-state index in [-0.39, 0.29) is 6.10 Å². The Hall–Kier alpha value is -1.14. The van der Waals surface area contributed by atoms with E-state index < -0.39 is 0 Å². The summed E-state index contributed by atoms with van der Waals surface area (Å²) in [7, 11) is 3.79. The second kappa shape index (κ2) is 9.23. The van der Waals surface area contributed by atoms with Crippen LogP contribution in [-0.4, -0.2) is 43.1 Å². The number of aliphatic imine (C=N–C) groups is 1. The standard InChI is InChI=1S/C17H30N4OS/c1-5-18-17(19-10-6-7-14-8-9-14)21(3)11-15-12-23-16(20-15)13(2)22-4/h12-14H,5-11H2,1-4H3,(H,18,19). The topological polar surface area (TPSA) is 49.8 Å². The van der Waals surface area contributed by atoms with Crippen LogP contribution in [0.1, 0.15) is 56.3 Å².